The van der Waals surface area contributed by atoms with Crippen molar-refractivity contribution in [3.05, 3.63) is 33.8 Å². The highest BCUT2D eigenvalue weighted by Gasteiger charge is 2.27. The van der Waals surface area contributed by atoms with Crippen LogP contribution in [0.5, 0.6) is 0 Å². The van der Waals surface area contributed by atoms with Gasteiger partial charge in [0.1, 0.15) is 6.61 Å². The van der Waals surface area contributed by atoms with Gasteiger partial charge >= 0.3 is 6.18 Å². The molecule has 20 heavy (non-hydrogen) atoms. The summed E-state index contributed by atoms with van der Waals surface area (Å²) in [6.45, 7) is 0.200. The standard InChI is InChI=1S/C13H16Cl2F3NO/c14-11-3-2-10(12(15)8-11)4-6-19-5-1-7-20-9-13(16,17)18/h2-3,8,19H,1,4-7,9H2. The average Bonchev–Trinajstić information content (AvgIpc) is 2.33. The first kappa shape index (κ1) is 17.6. The molecule has 0 bridgehead atoms. The van der Waals surface area contributed by atoms with Gasteiger partial charge in [-0.2, -0.15) is 13.2 Å². The van der Waals surface area contributed by atoms with Crippen LogP contribution in [0.2, 0.25) is 10.0 Å². The third-order valence-corrected chi connectivity index (χ3v) is 3.08. The number of ether oxygens (including phenoxy) is 1. The summed E-state index contributed by atoms with van der Waals surface area (Å²) < 4.78 is 39.8. The second kappa shape index (κ2) is 8.72. The Morgan fingerprint density at radius 1 is 1.15 bits per heavy atom. The quantitative estimate of drug-likeness (QED) is 0.725. The molecule has 0 aromatic heterocycles. The van der Waals surface area contributed by atoms with Gasteiger partial charge in [-0.1, -0.05) is 29.3 Å². The van der Waals surface area contributed by atoms with E-state index in [2.05, 4.69) is 10.1 Å². The lowest BCUT2D eigenvalue weighted by Gasteiger charge is -2.08. The van der Waals surface area contributed by atoms with Crippen molar-refractivity contribution in [2.75, 3.05) is 26.3 Å². The molecule has 0 aliphatic heterocycles. The van der Waals surface area contributed by atoms with Gasteiger partial charge in [0.2, 0.25) is 0 Å². The zero-order chi connectivity index (χ0) is 15.0. The minimum Gasteiger partial charge on any atom is -0.372 e. The summed E-state index contributed by atoms with van der Waals surface area (Å²) in [4.78, 5) is 0. The lowest BCUT2D eigenvalue weighted by Crippen LogP contribution is -2.22. The van der Waals surface area contributed by atoms with Gasteiger partial charge in [-0.05, 0) is 43.6 Å². The van der Waals surface area contributed by atoms with Crippen molar-refractivity contribution in [2.24, 2.45) is 0 Å². The summed E-state index contributed by atoms with van der Waals surface area (Å²) in [5.74, 6) is 0. The van der Waals surface area contributed by atoms with Crippen molar-refractivity contribution in [3.63, 3.8) is 0 Å². The van der Waals surface area contributed by atoms with Crippen LogP contribution >= 0.6 is 23.2 Å². The first-order valence-electron chi connectivity index (χ1n) is 6.17. The van der Waals surface area contributed by atoms with Gasteiger partial charge in [0.25, 0.3) is 0 Å². The number of halogens is 5. The molecule has 0 saturated carbocycles. The Hall–Kier alpha value is -0.490. The molecule has 0 saturated heterocycles. The molecule has 1 aromatic rings. The van der Waals surface area contributed by atoms with Crippen LogP contribution in [0.15, 0.2) is 18.2 Å². The highest BCUT2D eigenvalue weighted by Crippen LogP contribution is 2.21. The van der Waals surface area contributed by atoms with Gasteiger partial charge in [-0.25, -0.2) is 0 Å². The van der Waals surface area contributed by atoms with Gasteiger partial charge in [0.05, 0.1) is 0 Å². The van der Waals surface area contributed by atoms with Crippen LogP contribution in [0.4, 0.5) is 13.2 Å². The minimum atomic E-state index is -4.25. The Morgan fingerprint density at radius 2 is 1.90 bits per heavy atom. The van der Waals surface area contributed by atoms with E-state index in [1.165, 1.54) is 0 Å². The van der Waals surface area contributed by atoms with Crippen LogP contribution in [0.1, 0.15) is 12.0 Å². The topological polar surface area (TPSA) is 21.3 Å². The summed E-state index contributed by atoms with van der Waals surface area (Å²) in [6.07, 6.45) is -2.98. The molecule has 0 atom stereocenters. The predicted octanol–water partition coefficient (Wildman–Crippen LogP) is 4.09. The van der Waals surface area contributed by atoms with E-state index in [1.807, 2.05) is 6.07 Å². The summed E-state index contributed by atoms with van der Waals surface area (Å²) in [6, 6.07) is 5.32. The third kappa shape index (κ3) is 7.94. The lowest BCUT2D eigenvalue weighted by molar-refractivity contribution is -0.173. The van der Waals surface area contributed by atoms with E-state index in [4.69, 9.17) is 23.2 Å². The Morgan fingerprint density at radius 3 is 2.55 bits per heavy atom. The Labute approximate surface area is 126 Å². The molecule has 0 unspecified atom stereocenters. The largest absolute Gasteiger partial charge is 0.411 e. The van der Waals surface area contributed by atoms with Crippen LogP contribution < -0.4 is 5.32 Å². The van der Waals surface area contributed by atoms with E-state index in [-0.39, 0.29) is 6.61 Å². The van der Waals surface area contributed by atoms with Gasteiger partial charge in [0, 0.05) is 16.7 Å². The van der Waals surface area contributed by atoms with E-state index in [0.717, 1.165) is 12.0 Å². The third-order valence-electron chi connectivity index (χ3n) is 2.49. The maximum absolute atomic E-state index is 11.8. The van der Waals surface area contributed by atoms with E-state index in [1.54, 1.807) is 12.1 Å². The number of hydrogen-bond acceptors (Lipinski definition) is 2. The molecule has 1 rings (SSSR count). The van der Waals surface area contributed by atoms with Crippen LogP contribution in [0.3, 0.4) is 0 Å². The molecule has 7 heteroatoms. The fraction of sp³-hybridized carbons (Fsp3) is 0.538. The highest BCUT2D eigenvalue weighted by molar-refractivity contribution is 6.35. The van der Waals surface area contributed by atoms with E-state index < -0.39 is 12.8 Å². The fourth-order valence-corrected chi connectivity index (χ4v) is 2.06. The number of nitrogens with one attached hydrogen (secondary N) is 1. The smallest absolute Gasteiger partial charge is 0.372 e. The molecular weight excluding hydrogens is 314 g/mol. The second-order valence-electron chi connectivity index (χ2n) is 4.26. The fourth-order valence-electron chi connectivity index (χ4n) is 1.56. The van der Waals surface area contributed by atoms with Crippen LogP contribution in [0, 0.1) is 0 Å². The molecule has 0 aliphatic carbocycles. The molecule has 0 spiro atoms. The number of alkyl halides is 3. The zero-order valence-corrected chi connectivity index (χ0v) is 12.3. The second-order valence-corrected chi connectivity index (χ2v) is 5.10. The molecule has 0 fully saturated rings. The highest BCUT2D eigenvalue weighted by atomic mass is 35.5. The molecule has 2 nitrogen and oxygen atoms in total. The van der Waals surface area contributed by atoms with Crippen molar-refractivity contribution in [3.8, 4) is 0 Å². The van der Waals surface area contributed by atoms with Crippen LogP contribution in [-0.2, 0) is 11.2 Å². The zero-order valence-electron chi connectivity index (χ0n) is 10.8. The molecule has 0 heterocycles. The van der Waals surface area contributed by atoms with E-state index in [0.29, 0.717) is 29.6 Å². The van der Waals surface area contributed by atoms with Crippen molar-refractivity contribution >= 4 is 23.2 Å². The lowest BCUT2D eigenvalue weighted by atomic mass is 10.1. The summed E-state index contributed by atoms with van der Waals surface area (Å²) in [7, 11) is 0. The molecule has 1 N–H and O–H groups in total. The van der Waals surface area contributed by atoms with Gasteiger partial charge in [-0.15, -0.1) is 0 Å². The number of benzene rings is 1. The molecule has 1 aromatic carbocycles. The maximum atomic E-state index is 11.8. The van der Waals surface area contributed by atoms with Crippen LogP contribution in [0.25, 0.3) is 0 Å². The average molecular weight is 330 g/mol. The summed E-state index contributed by atoms with van der Waals surface area (Å²) in [5, 5.41) is 4.33. The Kier molecular flexibility index (Phi) is 7.66. The number of rotatable bonds is 8. The Balaban J connectivity index is 2.05. The monoisotopic (exact) mass is 329 g/mol. The van der Waals surface area contributed by atoms with E-state index in [9.17, 15) is 13.2 Å². The molecule has 114 valence electrons. The number of hydrogen-bond donors (Lipinski definition) is 1. The normalized spacial score (nSPS) is 11.8. The van der Waals surface area contributed by atoms with E-state index >= 15 is 0 Å². The summed E-state index contributed by atoms with van der Waals surface area (Å²) in [5.41, 5.74) is 0.983. The SMILES string of the molecule is FC(F)(F)COCCCNCCc1ccc(Cl)cc1Cl. The van der Waals surface area contributed by atoms with Crippen molar-refractivity contribution < 1.29 is 17.9 Å². The minimum absolute atomic E-state index is 0.0915. The first-order valence-corrected chi connectivity index (χ1v) is 6.93. The van der Waals surface area contributed by atoms with Crippen molar-refractivity contribution in [1.29, 1.82) is 0 Å². The van der Waals surface area contributed by atoms with Crippen molar-refractivity contribution in [2.45, 2.75) is 19.0 Å². The van der Waals surface area contributed by atoms with Gasteiger partial charge in [0.15, 0.2) is 0 Å². The first-order chi connectivity index (χ1) is 9.38. The molecular formula is C13H16Cl2F3NO. The summed E-state index contributed by atoms with van der Waals surface area (Å²) >= 11 is 11.8. The van der Waals surface area contributed by atoms with Crippen LogP contribution in [-0.4, -0.2) is 32.5 Å². The maximum Gasteiger partial charge on any atom is 0.411 e. The molecule has 0 radical (unpaired) electrons. The Bertz CT molecular complexity index is 413. The van der Waals surface area contributed by atoms with Crippen molar-refractivity contribution in [1.82, 2.24) is 5.32 Å². The predicted molar refractivity (Wildman–Crippen MR) is 74.5 cm³/mol. The van der Waals surface area contributed by atoms with Gasteiger partial charge in [-0.3, -0.25) is 0 Å². The molecule has 0 aliphatic rings. The molecule has 0 amide bonds. The van der Waals surface area contributed by atoms with Gasteiger partial charge < -0.3 is 10.1 Å².